The van der Waals surface area contributed by atoms with Gasteiger partial charge >= 0.3 is 0 Å². The average Bonchev–Trinajstić information content (AvgIpc) is 2.43. The third-order valence-corrected chi connectivity index (χ3v) is 2.95. The van der Waals surface area contributed by atoms with E-state index in [9.17, 15) is 5.11 Å². The number of hydrogen-bond donors (Lipinski definition) is 1. The number of aliphatic hydroxyl groups is 1. The molecule has 0 fully saturated rings. The van der Waals surface area contributed by atoms with Crippen LogP contribution in [0.4, 0.5) is 0 Å². The molecule has 0 saturated heterocycles. The molecule has 1 aromatic rings. The zero-order valence-corrected chi connectivity index (χ0v) is 13.6. The summed E-state index contributed by atoms with van der Waals surface area (Å²) in [6, 6.07) is 5.70. The summed E-state index contributed by atoms with van der Waals surface area (Å²) in [5.74, 6) is 1.35. The smallest absolute Gasteiger partial charge is 0.124 e. The van der Waals surface area contributed by atoms with E-state index >= 15 is 0 Å². The molecule has 120 valence electrons. The molecule has 4 nitrogen and oxygen atoms in total. The fourth-order valence-electron chi connectivity index (χ4n) is 1.89. The van der Waals surface area contributed by atoms with Crippen LogP contribution in [-0.2, 0) is 16.1 Å². The normalized spacial score (nSPS) is 12.7. The summed E-state index contributed by atoms with van der Waals surface area (Å²) in [5.41, 5.74) is 1.83. The fraction of sp³-hybridized carbons (Fsp3) is 0.647. The molecule has 1 N–H and O–H groups in total. The maximum absolute atomic E-state index is 9.66. The van der Waals surface area contributed by atoms with Crippen LogP contribution in [0.2, 0.25) is 0 Å². The standard InChI is InChI=1S/C17H28O4/c1-5-21-17-7-6-15(14(4)18)10-16(17)12-20-9-8-19-11-13(2)3/h6-7,10,13-14,18H,5,8-9,11-12H2,1-4H3. The van der Waals surface area contributed by atoms with E-state index in [1.54, 1.807) is 6.92 Å². The first-order valence-corrected chi connectivity index (χ1v) is 7.63. The Morgan fingerprint density at radius 1 is 1.10 bits per heavy atom. The van der Waals surface area contributed by atoms with Crippen molar-refractivity contribution in [1.82, 2.24) is 0 Å². The van der Waals surface area contributed by atoms with Gasteiger partial charge in [-0.1, -0.05) is 19.9 Å². The Hall–Kier alpha value is -1.10. The van der Waals surface area contributed by atoms with Crippen molar-refractivity contribution in [3.05, 3.63) is 29.3 Å². The molecule has 0 bridgehead atoms. The summed E-state index contributed by atoms with van der Waals surface area (Å²) in [5, 5.41) is 9.66. The first-order chi connectivity index (χ1) is 10.0. The molecular formula is C17H28O4. The lowest BCUT2D eigenvalue weighted by atomic mass is 10.1. The molecule has 0 heterocycles. The average molecular weight is 296 g/mol. The minimum Gasteiger partial charge on any atom is -0.494 e. The van der Waals surface area contributed by atoms with Crippen LogP contribution in [0.25, 0.3) is 0 Å². The van der Waals surface area contributed by atoms with Crippen LogP contribution in [0.3, 0.4) is 0 Å². The third kappa shape index (κ3) is 6.93. The van der Waals surface area contributed by atoms with E-state index in [1.165, 1.54) is 0 Å². The van der Waals surface area contributed by atoms with Gasteiger partial charge in [0.05, 0.1) is 32.5 Å². The van der Waals surface area contributed by atoms with Crippen molar-refractivity contribution in [3.63, 3.8) is 0 Å². The van der Waals surface area contributed by atoms with E-state index in [2.05, 4.69) is 13.8 Å². The lowest BCUT2D eigenvalue weighted by Gasteiger charge is -2.14. The highest BCUT2D eigenvalue weighted by Crippen LogP contribution is 2.24. The van der Waals surface area contributed by atoms with Gasteiger partial charge in [-0.05, 0) is 37.5 Å². The van der Waals surface area contributed by atoms with Crippen LogP contribution in [0.5, 0.6) is 5.75 Å². The van der Waals surface area contributed by atoms with E-state index in [0.29, 0.717) is 32.3 Å². The van der Waals surface area contributed by atoms with Crippen LogP contribution < -0.4 is 4.74 Å². The Balaban J connectivity index is 2.49. The monoisotopic (exact) mass is 296 g/mol. The largest absolute Gasteiger partial charge is 0.494 e. The Morgan fingerprint density at radius 3 is 2.43 bits per heavy atom. The van der Waals surface area contributed by atoms with Crippen molar-refractivity contribution < 1.29 is 19.3 Å². The Morgan fingerprint density at radius 2 is 1.81 bits per heavy atom. The van der Waals surface area contributed by atoms with Gasteiger partial charge < -0.3 is 19.3 Å². The first-order valence-electron chi connectivity index (χ1n) is 7.63. The van der Waals surface area contributed by atoms with Crippen LogP contribution >= 0.6 is 0 Å². The minimum atomic E-state index is -0.492. The van der Waals surface area contributed by atoms with Gasteiger partial charge in [-0.3, -0.25) is 0 Å². The molecule has 0 aromatic heterocycles. The maximum Gasteiger partial charge on any atom is 0.124 e. The summed E-state index contributed by atoms with van der Waals surface area (Å²) in [6.07, 6.45) is -0.492. The fourth-order valence-corrected chi connectivity index (χ4v) is 1.89. The summed E-state index contributed by atoms with van der Waals surface area (Å²) >= 11 is 0. The van der Waals surface area contributed by atoms with Crippen molar-refractivity contribution in [2.75, 3.05) is 26.4 Å². The molecule has 0 aliphatic heterocycles. The van der Waals surface area contributed by atoms with Crippen LogP contribution in [0.15, 0.2) is 18.2 Å². The second-order valence-corrected chi connectivity index (χ2v) is 5.50. The molecule has 1 rings (SSSR count). The van der Waals surface area contributed by atoms with Gasteiger partial charge in [-0.25, -0.2) is 0 Å². The first kappa shape index (κ1) is 18.0. The van der Waals surface area contributed by atoms with Crippen molar-refractivity contribution in [2.45, 2.75) is 40.4 Å². The van der Waals surface area contributed by atoms with Crippen LogP contribution in [0, 0.1) is 5.92 Å². The Labute approximate surface area is 128 Å². The highest BCUT2D eigenvalue weighted by molar-refractivity contribution is 5.37. The van der Waals surface area contributed by atoms with Crippen molar-refractivity contribution in [3.8, 4) is 5.75 Å². The zero-order valence-electron chi connectivity index (χ0n) is 13.6. The molecule has 1 atom stereocenters. The molecule has 21 heavy (non-hydrogen) atoms. The van der Waals surface area contributed by atoms with E-state index in [-0.39, 0.29) is 0 Å². The summed E-state index contributed by atoms with van der Waals surface area (Å²) < 4.78 is 16.7. The van der Waals surface area contributed by atoms with Gasteiger partial charge in [0.15, 0.2) is 0 Å². The minimum absolute atomic E-state index is 0.459. The van der Waals surface area contributed by atoms with Gasteiger partial charge in [0.25, 0.3) is 0 Å². The molecular weight excluding hydrogens is 268 g/mol. The number of ether oxygens (including phenoxy) is 3. The van der Waals surface area contributed by atoms with Gasteiger partial charge in [-0.15, -0.1) is 0 Å². The molecule has 0 amide bonds. The quantitative estimate of drug-likeness (QED) is 0.673. The van der Waals surface area contributed by atoms with Crippen LogP contribution in [0.1, 0.15) is 44.9 Å². The summed E-state index contributed by atoms with van der Waals surface area (Å²) in [4.78, 5) is 0. The molecule has 1 aromatic carbocycles. The van der Waals surface area contributed by atoms with Gasteiger partial charge in [-0.2, -0.15) is 0 Å². The van der Waals surface area contributed by atoms with Gasteiger partial charge in [0.2, 0.25) is 0 Å². The predicted molar refractivity (Wildman–Crippen MR) is 83.6 cm³/mol. The van der Waals surface area contributed by atoms with E-state index in [4.69, 9.17) is 14.2 Å². The number of rotatable bonds is 10. The molecule has 0 aliphatic carbocycles. The zero-order chi connectivity index (χ0) is 15.7. The Kier molecular flexibility index (Phi) is 8.35. The molecule has 1 unspecified atom stereocenters. The number of benzene rings is 1. The maximum atomic E-state index is 9.66. The second-order valence-electron chi connectivity index (χ2n) is 5.50. The van der Waals surface area contributed by atoms with Crippen LogP contribution in [-0.4, -0.2) is 31.5 Å². The SMILES string of the molecule is CCOc1ccc(C(C)O)cc1COCCOCC(C)C. The highest BCUT2D eigenvalue weighted by Gasteiger charge is 2.08. The molecule has 4 heteroatoms. The summed E-state index contributed by atoms with van der Waals surface area (Å²) in [7, 11) is 0. The van der Waals surface area contributed by atoms with Gasteiger partial charge in [0, 0.05) is 12.2 Å². The molecule has 0 aliphatic rings. The number of hydrogen-bond acceptors (Lipinski definition) is 4. The van der Waals surface area contributed by atoms with E-state index < -0.39 is 6.10 Å². The lowest BCUT2D eigenvalue weighted by Crippen LogP contribution is -2.09. The molecule has 0 spiro atoms. The topological polar surface area (TPSA) is 47.9 Å². The second kappa shape index (κ2) is 9.77. The van der Waals surface area contributed by atoms with E-state index in [0.717, 1.165) is 23.5 Å². The summed E-state index contributed by atoms with van der Waals surface area (Å²) in [6.45, 7) is 10.9. The Bertz CT molecular complexity index is 402. The van der Waals surface area contributed by atoms with Crippen molar-refractivity contribution in [1.29, 1.82) is 0 Å². The number of aliphatic hydroxyl groups excluding tert-OH is 1. The molecule has 0 saturated carbocycles. The highest BCUT2D eigenvalue weighted by atomic mass is 16.5. The van der Waals surface area contributed by atoms with Gasteiger partial charge in [0.1, 0.15) is 5.75 Å². The molecule has 0 radical (unpaired) electrons. The predicted octanol–water partition coefficient (Wildman–Crippen LogP) is 3.33. The lowest BCUT2D eigenvalue weighted by molar-refractivity contribution is 0.0307. The van der Waals surface area contributed by atoms with Crippen molar-refractivity contribution in [2.24, 2.45) is 5.92 Å². The van der Waals surface area contributed by atoms with Crippen molar-refractivity contribution >= 4 is 0 Å². The van der Waals surface area contributed by atoms with E-state index in [1.807, 2.05) is 25.1 Å². The third-order valence-electron chi connectivity index (χ3n) is 2.95.